The van der Waals surface area contributed by atoms with Gasteiger partial charge in [0.25, 0.3) is 5.91 Å². The van der Waals surface area contributed by atoms with Crippen molar-refractivity contribution in [1.29, 1.82) is 0 Å². The molecular formula is C18H25FN2O3. The van der Waals surface area contributed by atoms with Gasteiger partial charge in [0.05, 0.1) is 0 Å². The van der Waals surface area contributed by atoms with E-state index in [1.807, 2.05) is 25.1 Å². The van der Waals surface area contributed by atoms with Crippen molar-refractivity contribution in [2.75, 3.05) is 18.5 Å². The Morgan fingerprint density at radius 3 is 2.58 bits per heavy atom. The van der Waals surface area contributed by atoms with Crippen molar-refractivity contribution in [1.82, 2.24) is 4.90 Å². The number of halogens is 1. The topological polar surface area (TPSA) is 49.9 Å². The number of carbonyl (C=O) groups excluding carboxylic acids is 2. The average molecular weight is 336 g/mol. The first-order valence-electron chi connectivity index (χ1n) is 8.08. The number of ether oxygens (including phenoxy) is 1. The first-order valence-corrected chi connectivity index (χ1v) is 8.08. The van der Waals surface area contributed by atoms with Crippen LogP contribution in [0.3, 0.4) is 0 Å². The summed E-state index contributed by atoms with van der Waals surface area (Å²) in [5, 5.41) is 0. The Kier molecular flexibility index (Phi) is 5.16. The lowest BCUT2D eigenvalue weighted by molar-refractivity contribution is -0.124. The molecule has 1 fully saturated rings. The number of amides is 2. The standard InChI is InChI=1S/C18H25FN2O3/c1-12-7-6-8-13(11-12)20(5)16(22)15-14(19)9-10-21(15)17(23)24-18(2,3)4/h6-8,11,14-15H,9-10H2,1-5H3/t14?,15-/m0/s1. The molecular weight excluding hydrogens is 311 g/mol. The summed E-state index contributed by atoms with van der Waals surface area (Å²) in [4.78, 5) is 27.7. The summed E-state index contributed by atoms with van der Waals surface area (Å²) in [5.41, 5.74) is 0.976. The van der Waals surface area contributed by atoms with Crippen LogP contribution in [0, 0.1) is 6.92 Å². The molecule has 0 aliphatic carbocycles. The molecule has 0 radical (unpaired) electrons. The zero-order valence-electron chi connectivity index (χ0n) is 14.9. The maximum Gasteiger partial charge on any atom is 0.411 e. The highest BCUT2D eigenvalue weighted by molar-refractivity contribution is 5.99. The molecule has 1 aliphatic rings. The zero-order valence-corrected chi connectivity index (χ0v) is 14.9. The first kappa shape index (κ1) is 18.2. The predicted molar refractivity (Wildman–Crippen MR) is 90.8 cm³/mol. The maximum absolute atomic E-state index is 14.3. The van der Waals surface area contributed by atoms with Crippen LogP contribution in [0.4, 0.5) is 14.9 Å². The Morgan fingerprint density at radius 1 is 1.33 bits per heavy atom. The van der Waals surface area contributed by atoms with E-state index >= 15 is 0 Å². The van der Waals surface area contributed by atoms with Crippen molar-refractivity contribution < 1.29 is 18.7 Å². The highest BCUT2D eigenvalue weighted by Crippen LogP contribution is 2.27. The van der Waals surface area contributed by atoms with Crippen LogP contribution < -0.4 is 4.90 Å². The molecule has 5 nitrogen and oxygen atoms in total. The van der Waals surface area contributed by atoms with Gasteiger partial charge in [-0.3, -0.25) is 9.69 Å². The molecule has 132 valence electrons. The zero-order chi connectivity index (χ0) is 18.1. The Bertz CT molecular complexity index is 627. The van der Waals surface area contributed by atoms with Crippen LogP contribution in [0.2, 0.25) is 0 Å². The molecule has 24 heavy (non-hydrogen) atoms. The third kappa shape index (κ3) is 4.04. The monoisotopic (exact) mass is 336 g/mol. The highest BCUT2D eigenvalue weighted by Gasteiger charge is 2.45. The van der Waals surface area contributed by atoms with Crippen molar-refractivity contribution in [2.45, 2.75) is 51.9 Å². The van der Waals surface area contributed by atoms with Gasteiger partial charge < -0.3 is 9.64 Å². The second-order valence-corrected chi connectivity index (χ2v) is 7.16. The molecule has 0 N–H and O–H groups in total. The summed E-state index contributed by atoms with van der Waals surface area (Å²) in [5.74, 6) is -0.448. The number of rotatable bonds is 2. The minimum absolute atomic E-state index is 0.136. The van der Waals surface area contributed by atoms with Gasteiger partial charge in [0.1, 0.15) is 17.8 Å². The number of anilines is 1. The first-order chi connectivity index (χ1) is 11.1. The van der Waals surface area contributed by atoms with E-state index in [1.54, 1.807) is 33.9 Å². The normalized spacial score (nSPS) is 20.8. The van der Waals surface area contributed by atoms with Crippen molar-refractivity contribution in [3.63, 3.8) is 0 Å². The molecule has 1 saturated heterocycles. The van der Waals surface area contributed by atoms with E-state index in [0.717, 1.165) is 5.56 Å². The molecule has 0 aromatic heterocycles. The SMILES string of the molecule is Cc1cccc(N(C)C(=O)[C@@H]2C(F)CCN2C(=O)OC(C)(C)C)c1. The number of likely N-dealkylation sites (tertiary alicyclic amines) is 1. The lowest BCUT2D eigenvalue weighted by Crippen LogP contribution is -2.51. The second-order valence-electron chi connectivity index (χ2n) is 7.16. The molecule has 1 aromatic rings. The van der Waals surface area contributed by atoms with Crippen molar-refractivity contribution in [3.8, 4) is 0 Å². The van der Waals surface area contributed by atoms with Gasteiger partial charge in [-0.05, 0) is 51.8 Å². The van der Waals surface area contributed by atoms with Gasteiger partial charge in [0.15, 0.2) is 0 Å². The third-order valence-corrected chi connectivity index (χ3v) is 3.92. The molecule has 2 rings (SSSR count). The minimum Gasteiger partial charge on any atom is -0.444 e. The maximum atomic E-state index is 14.3. The highest BCUT2D eigenvalue weighted by atomic mass is 19.1. The largest absolute Gasteiger partial charge is 0.444 e. The fraction of sp³-hybridized carbons (Fsp3) is 0.556. The molecule has 2 amide bonds. The van der Waals surface area contributed by atoms with E-state index in [0.29, 0.717) is 5.69 Å². The lowest BCUT2D eigenvalue weighted by atomic mass is 10.1. The van der Waals surface area contributed by atoms with Gasteiger partial charge in [-0.25, -0.2) is 9.18 Å². The summed E-state index contributed by atoms with van der Waals surface area (Å²) < 4.78 is 19.6. The summed E-state index contributed by atoms with van der Waals surface area (Å²) in [6.07, 6.45) is -1.91. The average Bonchev–Trinajstić information content (AvgIpc) is 2.86. The number of carbonyl (C=O) groups is 2. The molecule has 1 unspecified atom stereocenters. The summed E-state index contributed by atoms with van der Waals surface area (Å²) in [6, 6.07) is 6.23. The van der Waals surface area contributed by atoms with E-state index in [4.69, 9.17) is 4.74 Å². The van der Waals surface area contributed by atoms with Gasteiger partial charge >= 0.3 is 6.09 Å². The fourth-order valence-corrected chi connectivity index (χ4v) is 2.73. The predicted octanol–water partition coefficient (Wildman–Crippen LogP) is 3.31. The molecule has 1 heterocycles. The van der Waals surface area contributed by atoms with E-state index in [9.17, 15) is 14.0 Å². The van der Waals surface area contributed by atoms with Crippen molar-refractivity contribution >= 4 is 17.7 Å². The minimum atomic E-state index is -1.39. The Morgan fingerprint density at radius 2 is 2.00 bits per heavy atom. The number of likely N-dealkylation sites (N-methyl/N-ethyl adjacent to an activating group) is 1. The Labute approximate surface area is 142 Å². The quantitative estimate of drug-likeness (QED) is 0.832. The number of nitrogens with zero attached hydrogens (tertiary/aromatic N) is 2. The number of hydrogen-bond donors (Lipinski definition) is 0. The molecule has 2 atom stereocenters. The van der Waals surface area contributed by atoms with E-state index in [-0.39, 0.29) is 13.0 Å². The van der Waals surface area contributed by atoms with Crippen LogP contribution in [0.5, 0.6) is 0 Å². The molecule has 1 aliphatic heterocycles. The van der Waals surface area contributed by atoms with E-state index < -0.39 is 29.8 Å². The summed E-state index contributed by atoms with van der Waals surface area (Å²) >= 11 is 0. The Hall–Kier alpha value is -2.11. The van der Waals surface area contributed by atoms with Crippen LogP contribution in [-0.2, 0) is 9.53 Å². The molecule has 0 bridgehead atoms. The molecule has 0 spiro atoms. The second kappa shape index (κ2) is 6.79. The van der Waals surface area contributed by atoms with Crippen molar-refractivity contribution in [2.24, 2.45) is 0 Å². The van der Waals surface area contributed by atoms with Crippen LogP contribution >= 0.6 is 0 Å². The van der Waals surface area contributed by atoms with Crippen LogP contribution in [0.1, 0.15) is 32.8 Å². The number of aryl methyl sites for hydroxylation is 1. The fourth-order valence-electron chi connectivity index (χ4n) is 2.73. The summed E-state index contributed by atoms with van der Waals surface area (Å²) in [7, 11) is 1.59. The van der Waals surface area contributed by atoms with Crippen LogP contribution in [0.25, 0.3) is 0 Å². The van der Waals surface area contributed by atoms with Gasteiger partial charge in [0, 0.05) is 19.3 Å². The van der Waals surface area contributed by atoms with Gasteiger partial charge in [-0.15, -0.1) is 0 Å². The van der Waals surface area contributed by atoms with Gasteiger partial charge in [-0.1, -0.05) is 12.1 Å². The van der Waals surface area contributed by atoms with Crippen LogP contribution in [0.15, 0.2) is 24.3 Å². The van der Waals surface area contributed by atoms with E-state index in [2.05, 4.69) is 0 Å². The molecule has 0 saturated carbocycles. The van der Waals surface area contributed by atoms with Gasteiger partial charge in [-0.2, -0.15) is 0 Å². The van der Waals surface area contributed by atoms with Crippen LogP contribution in [-0.4, -0.2) is 48.3 Å². The van der Waals surface area contributed by atoms with Crippen molar-refractivity contribution in [3.05, 3.63) is 29.8 Å². The molecule has 6 heteroatoms. The third-order valence-electron chi connectivity index (χ3n) is 3.92. The number of alkyl halides is 1. The number of benzene rings is 1. The summed E-state index contributed by atoms with van der Waals surface area (Å²) in [6.45, 7) is 7.31. The Balaban J connectivity index is 2.20. The lowest BCUT2D eigenvalue weighted by Gasteiger charge is -2.30. The van der Waals surface area contributed by atoms with Gasteiger partial charge in [0.2, 0.25) is 0 Å². The number of hydrogen-bond acceptors (Lipinski definition) is 3. The molecule has 1 aromatic carbocycles. The van der Waals surface area contributed by atoms with E-state index in [1.165, 1.54) is 9.80 Å². The smallest absolute Gasteiger partial charge is 0.411 e.